The van der Waals surface area contributed by atoms with Crippen molar-refractivity contribution in [3.63, 3.8) is 0 Å². The van der Waals surface area contributed by atoms with Gasteiger partial charge < -0.3 is 15.7 Å². The molecule has 0 bridgehead atoms. The van der Waals surface area contributed by atoms with Gasteiger partial charge in [0.15, 0.2) is 0 Å². The van der Waals surface area contributed by atoms with Crippen LogP contribution in [0.1, 0.15) is 52.9 Å². The first-order valence-electron chi connectivity index (χ1n) is 7.10. The number of urea groups is 1. The first-order valence-corrected chi connectivity index (χ1v) is 7.10. The molecule has 0 spiro atoms. The Morgan fingerprint density at radius 2 is 2.11 bits per heavy atom. The number of aliphatic hydroxyl groups is 1. The number of aliphatic hydroxyl groups excluding tert-OH is 1. The zero-order chi connectivity index (χ0) is 13.6. The number of nitrogens with one attached hydrogen (secondary N) is 2. The maximum atomic E-state index is 11.7. The van der Waals surface area contributed by atoms with Crippen LogP contribution in [0, 0.1) is 11.3 Å². The van der Waals surface area contributed by atoms with Crippen molar-refractivity contribution in [3.8, 4) is 0 Å². The van der Waals surface area contributed by atoms with E-state index in [0.29, 0.717) is 18.5 Å². The highest BCUT2D eigenvalue weighted by atomic mass is 16.3. The molecule has 4 nitrogen and oxygen atoms in total. The molecule has 0 aromatic carbocycles. The lowest BCUT2D eigenvalue weighted by Gasteiger charge is -2.21. The van der Waals surface area contributed by atoms with E-state index in [1.54, 1.807) is 0 Å². The quantitative estimate of drug-likeness (QED) is 0.638. The third-order valence-corrected chi connectivity index (χ3v) is 3.92. The maximum absolute atomic E-state index is 11.7. The van der Waals surface area contributed by atoms with Crippen LogP contribution in [0.25, 0.3) is 0 Å². The Morgan fingerprint density at radius 1 is 1.39 bits per heavy atom. The zero-order valence-corrected chi connectivity index (χ0v) is 12.0. The van der Waals surface area contributed by atoms with Crippen molar-refractivity contribution in [2.75, 3.05) is 13.2 Å². The predicted molar refractivity (Wildman–Crippen MR) is 73.4 cm³/mol. The van der Waals surface area contributed by atoms with E-state index < -0.39 is 0 Å². The Kier molecular flexibility index (Phi) is 5.93. The molecule has 0 saturated heterocycles. The number of amides is 2. The first-order chi connectivity index (χ1) is 8.44. The van der Waals surface area contributed by atoms with Crippen molar-refractivity contribution in [3.05, 3.63) is 0 Å². The Labute approximate surface area is 111 Å². The highest BCUT2D eigenvalue weighted by Crippen LogP contribution is 2.24. The van der Waals surface area contributed by atoms with Gasteiger partial charge in [0.1, 0.15) is 0 Å². The average Bonchev–Trinajstić information content (AvgIpc) is 2.71. The van der Waals surface area contributed by atoms with Crippen molar-refractivity contribution < 1.29 is 9.90 Å². The predicted octanol–water partition coefficient (Wildman–Crippen LogP) is 2.27. The van der Waals surface area contributed by atoms with Gasteiger partial charge in [0.2, 0.25) is 0 Å². The summed E-state index contributed by atoms with van der Waals surface area (Å²) < 4.78 is 0. The SMILES string of the molecule is CC1CCCC1NC(=O)NCCCC(C)(C)CO. The molecular formula is C14H28N2O2. The minimum Gasteiger partial charge on any atom is -0.396 e. The largest absolute Gasteiger partial charge is 0.396 e. The van der Waals surface area contributed by atoms with Crippen LogP contribution in [0.2, 0.25) is 0 Å². The van der Waals surface area contributed by atoms with Crippen LogP contribution in [0.3, 0.4) is 0 Å². The number of hydrogen-bond donors (Lipinski definition) is 3. The average molecular weight is 256 g/mol. The van der Waals surface area contributed by atoms with Gasteiger partial charge in [0, 0.05) is 19.2 Å². The molecule has 106 valence electrons. The van der Waals surface area contributed by atoms with E-state index in [1.807, 2.05) is 13.8 Å². The molecule has 3 N–H and O–H groups in total. The van der Waals surface area contributed by atoms with Crippen LogP contribution < -0.4 is 10.6 Å². The van der Waals surface area contributed by atoms with E-state index in [1.165, 1.54) is 12.8 Å². The molecule has 1 saturated carbocycles. The van der Waals surface area contributed by atoms with Gasteiger partial charge in [-0.3, -0.25) is 0 Å². The summed E-state index contributed by atoms with van der Waals surface area (Å²) in [7, 11) is 0. The van der Waals surface area contributed by atoms with Crippen LogP contribution in [-0.2, 0) is 0 Å². The molecule has 0 aliphatic heterocycles. The molecular weight excluding hydrogens is 228 g/mol. The maximum Gasteiger partial charge on any atom is 0.315 e. The van der Waals surface area contributed by atoms with Gasteiger partial charge in [-0.1, -0.05) is 27.2 Å². The van der Waals surface area contributed by atoms with Gasteiger partial charge >= 0.3 is 6.03 Å². The molecule has 0 heterocycles. The minimum absolute atomic E-state index is 0.0435. The Bertz CT molecular complexity index is 267. The minimum atomic E-state index is -0.0458. The fourth-order valence-corrected chi connectivity index (χ4v) is 2.43. The molecule has 18 heavy (non-hydrogen) atoms. The van der Waals surface area contributed by atoms with Crippen LogP contribution in [0.4, 0.5) is 4.79 Å². The summed E-state index contributed by atoms with van der Waals surface area (Å²) in [6, 6.07) is 0.300. The standard InChI is InChI=1S/C14H28N2O2/c1-11-6-4-7-12(11)16-13(18)15-9-5-8-14(2,3)10-17/h11-12,17H,4-10H2,1-3H3,(H2,15,16,18). The fraction of sp³-hybridized carbons (Fsp3) is 0.929. The lowest BCUT2D eigenvalue weighted by Crippen LogP contribution is -2.43. The van der Waals surface area contributed by atoms with Crippen molar-refractivity contribution in [1.82, 2.24) is 10.6 Å². The summed E-state index contributed by atoms with van der Waals surface area (Å²) in [5.74, 6) is 0.601. The van der Waals surface area contributed by atoms with Crippen LogP contribution in [-0.4, -0.2) is 30.3 Å². The monoisotopic (exact) mass is 256 g/mol. The molecule has 2 atom stereocenters. The van der Waals surface area contributed by atoms with E-state index in [9.17, 15) is 4.79 Å². The van der Waals surface area contributed by atoms with Crippen LogP contribution >= 0.6 is 0 Å². The summed E-state index contributed by atoms with van der Waals surface area (Å²) in [6.07, 6.45) is 5.36. The van der Waals surface area contributed by atoms with Gasteiger partial charge in [-0.15, -0.1) is 0 Å². The lowest BCUT2D eigenvalue weighted by molar-refractivity contribution is 0.148. The Balaban J connectivity index is 2.10. The first kappa shape index (κ1) is 15.3. The summed E-state index contributed by atoms with van der Waals surface area (Å²) in [5.41, 5.74) is -0.0435. The second kappa shape index (κ2) is 6.98. The normalized spacial score (nSPS) is 24.0. The molecule has 0 radical (unpaired) electrons. The molecule has 1 aliphatic rings. The number of rotatable bonds is 6. The molecule has 2 amide bonds. The van der Waals surface area contributed by atoms with Crippen LogP contribution in [0.5, 0.6) is 0 Å². The number of carbonyl (C=O) groups is 1. The summed E-state index contributed by atoms with van der Waals surface area (Å²) >= 11 is 0. The van der Waals surface area contributed by atoms with E-state index in [-0.39, 0.29) is 18.1 Å². The highest BCUT2D eigenvalue weighted by molar-refractivity contribution is 5.74. The third kappa shape index (κ3) is 5.25. The van der Waals surface area contributed by atoms with Crippen molar-refractivity contribution in [1.29, 1.82) is 0 Å². The van der Waals surface area contributed by atoms with Gasteiger partial charge in [0.25, 0.3) is 0 Å². The highest BCUT2D eigenvalue weighted by Gasteiger charge is 2.24. The Morgan fingerprint density at radius 3 is 2.67 bits per heavy atom. The summed E-state index contributed by atoms with van der Waals surface area (Å²) in [6.45, 7) is 7.14. The van der Waals surface area contributed by atoms with Crippen molar-refractivity contribution >= 4 is 6.03 Å². The number of carbonyl (C=O) groups excluding carboxylic acids is 1. The second-order valence-electron chi connectivity index (χ2n) is 6.34. The second-order valence-corrected chi connectivity index (χ2v) is 6.34. The van der Waals surface area contributed by atoms with E-state index in [2.05, 4.69) is 17.6 Å². The lowest BCUT2D eigenvalue weighted by atomic mass is 9.89. The van der Waals surface area contributed by atoms with E-state index in [0.717, 1.165) is 19.3 Å². The molecule has 0 aromatic heterocycles. The summed E-state index contributed by atoms with van der Waals surface area (Å²) in [4.78, 5) is 11.7. The molecule has 1 rings (SSSR count). The van der Waals surface area contributed by atoms with Crippen molar-refractivity contribution in [2.45, 2.75) is 58.9 Å². The number of hydrogen-bond acceptors (Lipinski definition) is 2. The fourth-order valence-electron chi connectivity index (χ4n) is 2.43. The van der Waals surface area contributed by atoms with Gasteiger partial charge in [-0.2, -0.15) is 0 Å². The third-order valence-electron chi connectivity index (χ3n) is 3.92. The van der Waals surface area contributed by atoms with Gasteiger partial charge in [-0.05, 0) is 37.0 Å². The van der Waals surface area contributed by atoms with E-state index >= 15 is 0 Å². The molecule has 1 fully saturated rings. The summed E-state index contributed by atoms with van der Waals surface area (Å²) in [5, 5.41) is 15.1. The zero-order valence-electron chi connectivity index (χ0n) is 12.0. The molecule has 4 heteroatoms. The topological polar surface area (TPSA) is 61.4 Å². The molecule has 1 aliphatic carbocycles. The Hall–Kier alpha value is -0.770. The smallest absolute Gasteiger partial charge is 0.315 e. The molecule has 0 aromatic rings. The molecule has 2 unspecified atom stereocenters. The van der Waals surface area contributed by atoms with Crippen molar-refractivity contribution in [2.24, 2.45) is 11.3 Å². The van der Waals surface area contributed by atoms with E-state index in [4.69, 9.17) is 5.11 Å². The van der Waals surface area contributed by atoms with Crippen LogP contribution in [0.15, 0.2) is 0 Å². The van der Waals surface area contributed by atoms with Gasteiger partial charge in [-0.25, -0.2) is 4.79 Å². The van der Waals surface area contributed by atoms with Gasteiger partial charge in [0.05, 0.1) is 0 Å².